The van der Waals surface area contributed by atoms with Crippen molar-refractivity contribution in [2.45, 2.75) is 31.2 Å². The van der Waals surface area contributed by atoms with Gasteiger partial charge in [0.15, 0.2) is 0 Å². The van der Waals surface area contributed by atoms with Gasteiger partial charge in [0.05, 0.1) is 16.8 Å². The third kappa shape index (κ3) is 5.83. The largest absolute Gasteiger partial charge is 0.338 e. The molecule has 1 N–H and O–H groups in total. The number of hydrogen-bond acceptors (Lipinski definition) is 7. The highest BCUT2D eigenvalue weighted by molar-refractivity contribution is 7.92. The van der Waals surface area contributed by atoms with Crippen molar-refractivity contribution in [2.75, 3.05) is 42.3 Å². The van der Waals surface area contributed by atoms with Crippen molar-refractivity contribution in [3.8, 4) is 0 Å². The third-order valence-corrected chi connectivity index (χ3v) is 6.93. The Morgan fingerprint density at radius 3 is 2.38 bits per heavy atom. The van der Waals surface area contributed by atoms with E-state index in [1.165, 1.54) is 0 Å². The fourth-order valence-corrected chi connectivity index (χ4v) is 4.73. The number of hydrogen-bond donors (Lipinski definition) is 1. The first-order valence-electron chi connectivity index (χ1n) is 10.9. The Kier molecular flexibility index (Phi) is 7.01. The number of benzene rings is 1. The summed E-state index contributed by atoms with van der Waals surface area (Å²) < 4.78 is 29.4. The molecule has 3 aromatic rings. The first-order valence-corrected chi connectivity index (χ1v) is 12.3. The van der Waals surface area contributed by atoms with E-state index in [0.29, 0.717) is 5.69 Å². The zero-order valence-corrected chi connectivity index (χ0v) is 19.1. The van der Waals surface area contributed by atoms with Crippen molar-refractivity contribution in [3.63, 3.8) is 0 Å². The molecule has 1 aliphatic heterocycles. The molecule has 170 valence electrons. The summed E-state index contributed by atoms with van der Waals surface area (Å²) in [6, 6.07) is 8.62. The van der Waals surface area contributed by atoms with E-state index in [4.69, 9.17) is 0 Å². The Labute approximate surface area is 189 Å². The number of aryl methyl sites for hydroxylation is 2. The van der Waals surface area contributed by atoms with E-state index in [1.54, 1.807) is 53.7 Å². The monoisotopic (exact) mass is 455 g/mol. The quantitative estimate of drug-likeness (QED) is 0.495. The van der Waals surface area contributed by atoms with Gasteiger partial charge in [-0.3, -0.25) is 14.3 Å². The standard InChI is InChI=1S/C22H29N7O2S/c1-19-5-7-21(8-6-19)32(30,31)26-20-17-25-29(18-20)12-3-2-11-27-13-15-28(16-14-27)22-23-9-4-10-24-22/h4-10,17-18,26H,2-3,11-16H2,1H3. The van der Waals surface area contributed by atoms with E-state index in [-0.39, 0.29) is 4.90 Å². The number of sulfonamides is 1. The molecule has 3 heterocycles. The molecule has 0 amide bonds. The minimum absolute atomic E-state index is 0.245. The SMILES string of the molecule is Cc1ccc(S(=O)(=O)Nc2cnn(CCCCN3CCN(c4ncccn4)CC3)c2)cc1. The van der Waals surface area contributed by atoms with Crippen LogP contribution in [0, 0.1) is 6.92 Å². The topological polar surface area (TPSA) is 96.2 Å². The Morgan fingerprint density at radius 2 is 1.66 bits per heavy atom. The van der Waals surface area contributed by atoms with Gasteiger partial charge in [-0.25, -0.2) is 18.4 Å². The predicted molar refractivity (Wildman–Crippen MR) is 124 cm³/mol. The van der Waals surface area contributed by atoms with Crippen molar-refractivity contribution in [2.24, 2.45) is 0 Å². The fraction of sp³-hybridized carbons (Fsp3) is 0.409. The Bertz CT molecular complexity index is 1090. The lowest BCUT2D eigenvalue weighted by Gasteiger charge is -2.34. The van der Waals surface area contributed by atoms with Gasteiger partial charge in [0.2, 0.25) is 5.95 Å². The van der Waals surface area contributed by atoms with Gasteiger partial charge in [-0.1, -0.05) is 17.7 Å². The second kappa shape index (κ2) is 10.1. The summed E-state index contributed by atoms with van der Waals surface area (Å²) in [5.74, 6) is 0.805. The molecule has 1 aliphatic rings. The smallest absolute Gasteiger partial charge is 0.261 e. The first kappa shape index (κ1) is 22.2. The van der Waals surface area contributed by atoms with E-state index < -0.39 is 10.0 Å². The molecule has 32 heavy (non-hydrogen) atoms. The van der Waals surface area contributed by atoms with Crippen LogP contribution in [0.2, 0.25) is 0 Å². The number of unbranched alkanes of at least 4 members (excludes halogenated alkanes) is 1. The third-order valence-electron chi connectivity index (χ3n) is 5.54. The number of aromatic nitrogens is 4. The summed E-state index contributed by atoms with van der Waals surface area (Å²) in [4.78, 5) is 13.6. The van der Waals surface area contributed by atoms with E-state index in [9.17, 15) is 8.42 Å². The van der Waals surface area contributed by atoms with Gasteiger partial charge in [-0.15, -0.1) is 0 Å². The van der Waals surface area contributed by atoms with Crippen LogP contribution in [-0.2, 0) is 16.6 Å². The van der Waals surface area contributed by atoms with Crippen LogP contribution >= 0.6 is 0 Å². The van der Waals surface area contributed by atoms with E-state index in [0.717, 1.165) is 63.6 Å². The van der Waals surface area contributed by atoms with Crippen LogP contribution in [0.1, 0.15) is 18.4 Å². The number of nitrogens with zero attached hydrogens (tertiary/aromatic N) is 6. The molecule has 9 nitrogen and oxygen atoms in total. The minimum atomic E-state index is -3.60. The predicted octanol–water partition coefficient (Wildman–Crippen LogP) is 2.38. The van der Waals surface area contributed by atoms with Gasteiger partial charge in [0.1, 0.15) is 0 Å². The minimum Gasteiger partial charge on any atom is -0.338 e. The number of piperazine rings is 1. The van der Waals surface area contributed by atoms with Crippen molar-refractivity contribution in [1.82, 2.24) is 24.6 Å². The summed E-state index contributed by atoms with van der Waals surface area (Å²) in [7, 11) is -3.60. The molecule has 1 saturated heterocycles. The van der Waals surface area contributed by atoms with Crippen LogP contribution in [0.25, 0.3) is 0 Å². The van der Waals surface area contributed by atoms with Gasteiger partial charge in [0, 0.05) is 51.3 Å². The summed E-state index contributed by atoms with van der Waals surface area (Å²) in [6.07, 6.45) is 8.90. The molecule has 4 rings (SSSR count). The van der Waals surface area contributed by atoms with Gasteiger partial charge < -0.3 is 4.90 Å². The molecule has 0 spiro atoms. The highest BCUT2D eigenvalue weighted by Gasteiger charge is 2.18. The second-order valence-corrected chi connectivity index (χ2v) is 9.68. The zero-order valence-electron chi connectivity index (χ0n) is 18.3. The van der Waals surface area contributed by atoms with Gasteiger partial charge in [-0.2, -0.15) is 5.10 Å². The molecule has 0 radical (unpaired) electrons. The summed E-state index contributed by atoms with van der Waals surface area (Å²) >= 11 is 0. The average molecular weight is 456 g/mol. The molecule has 0 atom stereocenters. The van der Waals surface area contributed by atoms with Crippen LogP contribution in [0.15, 0.2) is 60.0 Å². The van der Waals surface area contributed by atoms with Crippen LogP contribution in [0.4, 0.5) is 11.6 Å². The maximum atomic E-state index is 12.5. The van der Waals surface area contributed by atoms with Crippen molar-refractivity contribution < 1.29 is 8.42 Å². The summed E-state index contributed by atoms with van der Waals surface area (Å²) in [5.41, 5.74) is 1.49. The molecule has 0 bridgehead atoms. The highest BCUT2D eigenvalue weighted by atomic mass is 32.2. The number of anilines is 2. The lowest BCUT2D eigenvalue weighted by molar-refractivity contribution is 0.249. The molecular weight excluding hydrogens is 426 g/mol. The van der Waals surface area contributed by atoms with Crippen molar-refractivity contribution >= 4 is 21.7 Å². The van der Waals surface area contributed by atoms with E-state index >= 15 is 0 Å². The van der Waals surface area contributed by atoms with Crippen LogP contribution < -0.4 is 9.62 Å². The van der Waals surface area contributed by atoms with Crippen LogP contribution in [-0.4, -0.2) is 65.8 Å². The van der Waals surface area contributed by atoms with Crippen molar-refractivity contribution in [1.29, 1.82) is 0 Å². The number of rotatable bonds is 9. The first-order chi connectivity index (χ1) is 15.5. The zero-order chi connectivity index (χ0) is 22.4. The molecule has 1 fully saturated rings. The Morgan fingerprint density at radius 1 is 0.969 bits per heavy atom. The maximum Gasteiger partial charge on any atom is 0.261 e. The summed E-state index contributed by atoms with van der Waals surface area (Å²) in [5, 5.41) is 4.29. The fourth-order valence-electron chi connectivity index (χ4n) is 3.71. The molecule has 10 heteroatoms. The van der Waals surface area contributed by atoms with Gasteiger partial charge >= 0.3 is 0 Å². The van der Waals surface area contributed by atoms with E-state index in [1.807, 2.05) is 13.0 Å². The molecule has 1 aromatic carbocycles. The summed E-state index contributed by atoms with van der Waals surface area (Å²) in [6.45, 7) is 7.60. The maximum absolute atomic E-state index is 12.5. The Balaban J connectivity index is 1.18. The Hall–Kier alpha value is -2.98. The van der Waals surface area contributed by atoms with Gasteiger partial charge in [0.25, 0.3) is 10.0 Å². The average Bonchev–Trinajstić information content (AvgIpc) is 3.24. The lowest BCUT2D eigenvalue weighted by Crippen LogP contribution is -2.47. The number of nitrogens with one attached hydrogen (secondary N) is 1. The highest BCUT2D eigenvalue weighted by Crippen LogP contribution is 2.16. The van der Waals surface area contributed by atoms with E-state index in [2.05, 4.69) is 29.6 Å². The van der Waals surface area contributed by atoms with Crippen molar-refractivity contribution in [3.05, 3.63) is 60.7 Å². The van der Waals surface area contributed by atoms with Crippen LogP contribution in [0.5, 0.6) is 0 Å². The molecular formula is C22H29N7O2S. The second-order valence-electron chi connectivity index (χ2n) is 8.00. The van der Waals surface area contributed by atoms with Crippen LogP contribution in [0.3, 0.4) is 0 Å². The molecule has 0 aliphatic carbocycles. The van der Waals surface area contributed by atoms with Gasteiger partial charge in [-0.05, 0) is 44.5 Å². The molecule has 0 saturated carbocycles. The molecule has 0 unspecified atom stereocenters. The molecule has 2 aromatic heterocycles. The lowest BCUT2D eigenvalue weighted by atomic mass is 10.2. The normalized spacial score (nSPS) is 15.1.